The van der Waals surface area contributed by atoms with Crippen molar-refractivity contribution in [3.05, 3.63) is 36.2 Å². The summed E-state index contributed by atoms with van der Waals surface area (Å²) in [5, 5.41) is 3.01. The van der Waals surface area contributed by atoms with Crippen molar-refractivity contribution in [2.45, 2.75) is 32.4 Å². The molecule has 2 aromatic heterocycles. The lowest BCUT2D eigenvalue weighted by Crippen LogP contribution is -2.27. The van der Waals surface area contributed by atoms with E-state index < -0.39 is 0 Å². The zero-order valence-corrected chi connectivity index (χ0v) is 10.3. The number of furan rings is 1. The van der Waals surface area contributed by atoms with Crippen LogP contribution in [0.1, 0.15) is 30.3 Å². The summed E-state index contributed by atoms with van der Waals surface area (Å²) in [5.41, 5.74) is 2.41. The van der Waals surface area contributed by atoms with E-state index in [4.69, 9.17) is 4.42 Å². The molecule has 0 unspecified atom stereocenters. The predicted octanol–water partition coefficient (Wildman–Crippen LogP) is 2.70. The van der Waals surface area contributed by atoms with Gasteiger partial charge in [0, 0.05) is 24.7 Å². The van der Waals surface area contributed by atoms with Crippen LogP contribution in [0.2, 0.25) is 0 Å². The molecule has 4 heteroatoms. The Balaban J connectivity index is 1.97. The third-order valence-electron chi connectivity index (χ3n) is 3.19. The molecule has 0 radical (unpaired) electrons. The summed E-state index contributed by atoms with van der Waals surface area (Å²) >= 11 is 0. The Morgan fingerprint density at radius 3 is 3.17 bits per heavy atom. The van der Waals surface area contributed by atoms with E-state index in [1.54, 1.807) is 6.26 Å². The molecule has 1 N–H and O–H groups in total. The van der Waals surface area contributed by atoms with Crippen molar-refractivity contribution < 1.29 is 9.21 Å². The number of allylic oxidation sites excluding steroid dienone is 2. The molecule has 1 fully saturated rings. The minimum atomic E-state index is -0.00611. The van der Waals surface area contributed by atoms with Crippen molar-refractivity contribution in [2.75, 3.05) is 0 Å². The highest BCUT2D eigenvalue weighted by Crippen LogP contribution is 2.23. The maximum atomic E-state index is 12.1. The van der Waals surface area contributed by atoms with Gasteiger partial charge in [0.2, 0.25) is 0 Å². The van der Waals surface area contributed by atoms with Crippen LogP contribution in [0.15, 0.2) is 35.0 Å². The van der Waals surface area contributed by atoms with E-state index >= 15 is 0 Å². The van der Waals surface area contributed by atoms with E-state index in [1.165, 1.54) is 0 Å². The third-order valence-corrected chi connectivity index (χ3v) is 3.19. The highest BCUT2D eigenvalue weighted by Gasteiger charge is 2.26. The molecule has 18 heavy (non-hydrogen) atoms. The van der Waals surface area contributed by atoms with Crippen LogP contribution in [0.5, 0.6) is 0 Å². The molecular formula is C14H16N2O2. The second-order valence-electron chi connectivity index (χ2n) is 4.63. The minimum Gasteiger partial charge on any atom is -0.463 e. The van der Waals surface area contributed by atoms with Gasteiger partial charge in [0.1, 0.15) is 5.69 Å². The largest absolute Gasteiger partial charge is 0.463 e. The summed E-state index contributed by atoms with van der Waals surface area (Å²) in [6.45, 7) is 2.66. The number of carbonyl (C=O) groups is 1. The van der Waals surface area contributed by atoms with Gasteiger partial charge in [0.05, 0.1) is 11.8 Å². The van der Waals surface area contributed by atoms with Gasteiger partial charge in [-0.25, -0.2) is 0 Å². The number of nitrogens with zero attached hydrogens (tertiary/aromatic N) is 1. The van der Waals surface area contributed by atoms with Crippen LogP contribution >= 0.6 is 0 Å². The molecule has 1 aliphatic rings. The lowest BCUT2D eigenvalue weighted by Gasteiger charge is -2.07. The number of aromatic nitrogens is 1. The van der Waals surface area contributed by atoms with Gasteiger partial charge in [-0.2, -0.15) is 0 Å². The van der Waals surface area contributed by atoms with Crippen LogP contribution in [-0.4, -0.2) is 16.5 Å². The summed E-state index contributed by atoms with van der Waals surface area (Å²) < 4.78 is 7.35. The Hall–Kier alpha value is -1.97. The van der Waals surface area contributed by atoms with Crippen LogP contribution in [0.4, 0.5) is 0 Å². The summed E-state index contributed by atoms with van der Waals surface area (Å²) in [6.07, 6.45) is 7.85. The summed E-state index contributed by atoms with van der Waals surface area (Å²) in [4.78, 5) is 12.1. The van der Waals surface area contributed by atoms with E-state index in [0.717, 1.165) is 23.9 Å². The number of carbonyl (C=O) groups excluding carboxylic acids is 1. The minimum absolute atomic E-state index is 0.00611. The Bertz CT molecular complexity index is 602. The Kier molecular flexibility index (Phi) is 2.70. The second-order valence-corrected chi connectivity index (χ2v) is 4.63. The fraction of sp³-hybridized carbons (Fsp3) is 0.357. The molecule has 0 bridgehead atoms. The molecule has 0 spiro atoms. The van der Waals surface area contributed by atoms with Gasteiger partial charge in [0.25, 0.3) is 5.91 Å². The van der Waals surface area contributed by atoms with Crippen LogP contribution < -0.4 is 5.32 Å². The third kappa shape index (κ3) is 1.94. The van der Waals surface area contributed by atoms with Crippen LogP contribution in [0, 0.1) is 0 Å². The van der Waals surface area contributed by atoms with Crippen molar-refractivity contribution in [2.24, 2.45) is 0 Å². The van der Waals surface area contributed by atoms with Gasteiger partial charge < -0.3 is 14.3 Å². The molecule has 2 aromatic rings. The molecule has 1 amide bonds. The summed E-state index contributed by atoms with van der Waals surface area (Å²) in [7, 11) is 0. The van der Waals surface area contributed by atoms with Crippen LogP contribution in [-0.2, 0) is 6.54 Å². The SMILES string of the molecule is C/C=C\Cn1c(C(=O)NC2CC2)cc2occc21. The average Bonchev–Trinajstić information content (AvgIpc) is 2.92. The molecule has 1 aliphatic carbocycles. The van der Waals surface area contributed by atoms with Gasteiger partial charge in [-0.1, -0.05) is 12.2 Å². The number of nitrogens with one attached hydrogen (secondary N) is 1. The van der Waals surface area contributed by atoms with Gasteiger partial charge in [-0.05, 0) is 19.8 Å². The molecule has 0 atom stereocenters. The Labute approximate surface area is 105 Å². The quantitative estimate of drug-likeness (QED) is 0.840. The Morgan fingerprint density at radius 2 is 2.44 bits per heavy atom. The first-order valence-electron chi connectivity index (χ1n) is 6.28. The molecule has 4 nitrogen and oxygen atoms in total. The number of hydrogen-bond acceptors (Lipinski definition) is 2. The molecule has 0 aromatic carbocycles. The fourth-order valence-electron chi connectivity index (χ4n) is 2.06. The van der Waals surface area contributed by atoms with Gasteiger partial charge in [-0.15, -0.1) is 0 Å². The van der Waals surface area contributed by atoms with E-state index in [-0.39, 0.29) is 5.91 Å². The molecule has 0 saturated heterocycles. The first-order valence-corrected chi connectivity index (χ1v) is 6.28. The zero-order valence-electron chi connectivity index (χ0n) is 10.3. The summed E-state index contributed by atoms with van der Waals surface area (Å²) in [5.74, 6) is -0.00611. The average molecular weight is 244 g/mol. The van der Waals surface area contributed by atoms with Crippen molar-refractivity contribution in [3.63, 3.8) is 0 Å². The van der Waals surface area contributed by atoms with E-state index in [0.29, 0.717) is 18.3 Å². The maximum Gasteiger partial charge on any atom is 0.268 e. The normalized spacial score (nSPS) is 15.6. The molecule has 0 aliphatic heterocycles. The molecular weight excluding hydrogens is 228 g/mol. The van der Waals surface area contributed by atoms with Crippen molar-refractivity contribution in [1.82, 2.24) is 9.88 Å². The lowest BCUT2D eigenvalue weighted by molar-refractivity contribution is 0.0942. The van der Waals surface area contributed by atoms with Crippen LogP contribution in [0.3, 0.4) is 0 Å². The van der Waals surface area contributed by atoms with E-state index in [9.17, 15) is 4.79 Å². The number of rotatable bonds is 4. The molecule has 3 rings (SSSR count). The van der Waals surface area contributed by atoms with E-state index in [2.05, 4.69) is 5.32 Å². The smallest absolute Gasteiger partial charge is 0.268 e. The van der Waals surface area contributed by atoms with Crippen molar-refractivity contribution >= 4 is 17.0 Å². The molecule has 2 heterocycles. The highest BCUT2D eigenvalue weighted by atomic mass is 16.3. The predicted molar refractivity (Wildman–Crippen MR) is 69.5 cm³/mol. The van der Waals surface area contributed by atoms with Gasteiger partial charge in [0.15, 0.2) is 5.58 Å². The fourth-order valence-corrected chi connectivity index (χ4v) is 2.06. The number of fused-ring (bicyclic) bond motifs is 1. The topological polar surface area (TPSA) is 47.2 Å². The molecule has 1 saturated carbocycles. The van der Waals surface area contributed by atoms with E-state index in [1.807, 2.05) is 35.8 Å². The zero-order chi connectivity index (χ0) is 12.5. The standard InChI is InChI=1S/C14H16N2O2/c1-2-3-7-16-11-6-8-18-13(11)9-12(16)14(17)15-10-4-5-10/h2-3,6,8-10H,4-5,7H2,1H3,(H,15,17)/b3-2-. The number of hydrogen-bond donors (Lipinski definition) is 1. The first kappa shape index (κ1) is 11.1. The summed E-state index contributed by atoms with van der Waals surface area (Å²) in [6, 6.07) is 4.08. The number of amides is 1. The monoisotopic (exact) mass is 244 g/mol. The van der Waals surface area contributed by atoms with Crippen molar-refractivity contribution in [3.8, 4) is 0 Å². The van der Waals surface area contributed by atoms with Gasteiger partial charge >= 0.3 is 0 Å². The van der Waals surface area contributed by atoms with Crippen molar-refractivity contribution in [1.29, 1.82) is 0 Å². The molecule has 94 valence electrons. The Morgan fingerprint density at radius 1 is 1.61 bits per heavy atom. The maximum absolute atomic E-state index is 12.1. The van der Waals surface area contributed by atoms with Gasteiger partial charge in [-0.3, -0.25) is 4.79 Å². The first-order chi connectivity index (χ1) is 8.79. The van der Waals surface area contributed by atoms with Crippen LogP contribution in [0.25, 0.3) is 11.1 Å². The lowest BCUT2D eigenvalue weighted by atomic mass is 10.4. The highest BCUT2D eigenvalue weighted by molar-refractivity contribution is 5.97. The second kappa shape index (κ2) is 4.37.